The van der Waals surface area contributed by atoms with Crippen LogP contribution in [0.2, 0.25) is 0 Å². The molecule has 6 N–H and O–H groups in total. The van der Waals surface area contributed by atoms with Crippen LogP contribution in [0.3, 0.4) is 0 Å². The number of rotatable bonds is 20. The Bertz CT molecular complexity index is 1110. The van der Waals surface area contributed by atoms with Gasteiger partial charge < -0.3 is 26.8 Å². The number of aliphatic hydroxyl groups is 1. The Kier molecular flexibility index (Phi) is 16.7. The van der Waals surface area contributed by atoms with Crippen molar-refractivity contribution in [2.75, 3.05) is 6.54 Å². The fourth-order valence-electron chi connectivity index (χ4n) is 5.23. The molecule has 6 atom stereocenters. The summed E-state index contributed by atoms with van der Waals surface area (Å²) < 4.78 is 0. The summed E-state index contributed by atoms with van der Waals surface area (Å²) in [7, 11) is 0. The van der Waals surface area contributed by atoms with E-state index in [1.54, 1.807) is 6.92 Å². The third kappa shape index (κ3) is 13.6. The topological polar surface area (TPSA) is 134 Å². The SMILES string of the molecule is CCC(C)[C@H](N)C(=O)N[C@@H](CCc1ccccc1)C(=O)N[C@@H](CC(C)C)[C@@H](O)C[C@@H](C)C(=O)NCCCCc1ccccc1. The Hall–Kier alpha value is -3.23. The largest absolute Gasteiger partial charge is 0.391 e. The van der Waals surface area contributed by atoms with Crippen LogP contribution in [-0.2, 0) is 27.2 Å². The maximum atomic E-state index is 13.6. The first kappa shape index (κ1) is 37.0. The van der Waals surface area contributed by atoms with Crippen molar-refractivity contribution in [3.63, 3.8) is 0 Å². The molecule has 0 heterocycles. The zero-order chi connectivity index (χ0) is 32.5. The molecule has 0 aliphatic rings. The predicted octanol–water partition coefficient (Wildman–Crippen LogP) is 4.53. The van der Waals surface area contributed by atoms with Crippen LogP contribution in [0.25, 0.3) is 0 Å². The van der Waals surface area contributed by atoms with Gasteiger partial charge in [-0.3, -0.25) is 14.4 Å². The number of aliphatic hydroxyl groups excluding tert-OH is 1. The molecule has 0 saturated carbocycles. The van der Waals surface area contributed by atoms with E-state index in [-0.39, 0.29) is 36.0 Å². The number of aryl methyl sites for hydroxylation is 2. The first-order valence-corrected chi connectivity index (χ1v) is 16.4. The van der Waals surface area contributed by atoms with Crippen LogP contribution in [-0.4, -0.2) is 53.6 Å². The first-order valence-electron chi connectivity index (χ1n) is 16.4. The molecule has 0 fully saturated rings. The van der Waals surface area contributed by atoms with Gasteiger partial charge in [-0.15, -0.1) is 0 Å². The van der Waals surface area contributed by atoms with E-state index in [1.807, 2.05) is 76.2 Å². The van der Waals surface area contributed by atoms with Crippen LogP contribution in [0.15, 0.2) is 60.7 Å². The standard InChI is InChI=1S/C36H56N4O4/c1-6-26(4)33(37)36(44)39-30(21-20-29-17-11-8-12-18-29)35(43)40-31(23-25(2)3)32(41)24-27(5)34(42)38-22-14-13-19-28-15-9-7-10-16-28/h7-12,15-18,25-27,30-33,41H,6,13-14,19-24,37H2,1-5H3,(H,38,42)(H,39,44)(H,40,43)/t26?,27-,30+,31+,32+,33+/m1/s1. The van der Waals surface area contributed by atoms with Crippen molar-refractivity contribution in [1.29, 1.82) is 0 Å². The molecule has 2 aromatic carbocycles. The third-order valence-corrected chi connectivity index (χ3v) is 8.35. The van der Waals surface area contributed by atoms with Crippen molar-refractivity contribution in [2.24, 2.45) is 23.5 Å². The van der Waals surface area contributed by atoms with Gasteiger partial charge in [0.15, 0.2) is 0 Å². The van der Waals surface area contributed by atoms with Crippen molar-refractivity contribution < 1.29 is 19.5 Å². The second kappa shape index (κ2) is 19.9. The Morgan fingerprint density at radius 2 is 1.36 bits per heavy atom. The Morgan fingerprint density at radius 3 is 1.93 bits per heavy atom. The Balaban J connectivity index is 1.98. The van der Waals surface area contributed by atoms with Gasteiger partial charge in [0.2, 0.25) is 17.7 Å². The van der Waals surface area contributed by atoms with E-state index in [9.17, 15) is 19.5 Å². The lowest BCUT2D eigenvalue weighted by molar-refractivity contribution is -0.131. The minimum Gasteiger partial charge on any atom is -0.391 e. The van der Waals surface area contributed by atoms with Gasteiger partial charge in [0.25, 0.3) is 0 Å². The van der Waals surface area contributed by atoms with E-state index in [1.165, 1.54) is 5.56 Å². The Morgan fingerprint density at radius 1 is 0.773 bits per heavy atom. The molecule has 2 aromatic rings. The van der Waals surface area contributed by atoms with Gasteiger partial charge in [0.1, 0.15) is 6.04 Å². The fourth-order valence-corrected chi connectivity index (χ4v) is 5.23. The van der Waals surface area contributed by atoms with Crippen molar-refractivity contribution >= 4 is 17.7 Å². The number of nitrogens with two attached hydrogens (primary N) is 1. The molecule has 0 aliphatic carbocycles. The second-order valence-electron chi connectivity index (χ2n) is 12.7. The quantitative estimate of drug-likeness (QED) is 0.141. The lowest BCUT2D eigenvalue weighted by Gasteiger charge is -2.30. The van der Waals surface area contributed by atoms with Gasteiger partial charge in [0, 0.05) is 12.5 Å². The summed E-state index contributed by atoms with van der Waals surface area (Å²) in [5, 5.41) is 20.1. The first-order chi connectivity index (χ1) is 21.0. The summed E-state index contributed by atoms with van der Waals surface area (Å²) in [5.41, 5.74) is 8.53. The van der Waals surface area contributed by atoms with Crippen molar-refractivity contribution in [2.45, 2.75) is 110 Å². The minimum atomic E-state index is -0.923. The number of nitrogens with one attached hydrogen (secondary N) is 3. The highest BCUT2D eigenvalue weighted by Crippen LogP contribution is 2.17. The molecule has 8 nitrogen and oxygen atoms in total. The molecule has 3 amide bonds. The predicted molar refractivity (Wildman–Crippen MR) is 178 cm³/mol. The van der Waals surface area contributed by atoms with Crippen LogP contribution in [0.5, 0.6) is 0 Å². The molecule has 0 bridgehead atoms. The monoisotopic (exact) mass is 608 g/mol. The van der Waals surface area contributed by atoms with Crippen LogP contribution in [0.1, 0.15) is 84.3 Å². The average Bonchev–Trinajstić information content (AvgIpc) is 3.02. The summed E-state index contributed by atoms with van der Waals surface area (Å²) in [4.78, 5) is 39.4. The second-order valence-corrected chi connectivity index (χ2v) is 12.7. The smallest absolute Gasteiger partial charge is 0.242 e. The lowest BCUT2D eigenvalue weighted by Crippen LogP contribution is -2.56. The maximum Gasteiger partial charge on any atom is 0.242 e. The van der Waals surface area contributed by atoms with E-state index in [4.69, 9.17) is 5.73 Å². The molecule has 0 radical (unpaired) electrons. The van der Waals surface area contributed by atoms with Gasteiger partial charge in [-0.05, 0) is 67.9 Å². The van der Waals surface area contributed by atoms with Crippen LogP contribution in [0.4, 0.5) is 0 Å². The number of hydrogen-bond donors (Lipinski definition) is 5. The van der Waals surface area contributed by atoms with Gasteiger partial charge >= 0.3 is 0 Å². The highest BCUT2D eigenvalue weighted by molar-refractivity contribution is 5.90. The van der Waals surface area contributed by atoms with Gasteiger partial charge in [0.05, 0.1) is 18.2 Å². The van der Waals surface area contributed by atoms with Crippen LogP contribution < -0.4 is 21.7 Å². The molecule has 44 heavy (non-hydrogen) atoms. The summed E-state index contributed by atoms with van der Waals surface area (Å²) in [6.07, 6.45) is 4.38. The molecular formula is C36H56N4O4. The maximum absolute atomic E-state index is 13.6. The molecule has 8 heteroatoms. The van der Waals surface area contributed by atoms with E-state index in [0.717, 1.165) is 31.2 Å². The van der Waals surface area contributed by atoms with Gasteiger partial charge in [-0.25, -0.2) is 0 Å². The minimum absolute atomic E-state index is 0.0279. The van der Waals surface area contributed by atoms with Gasteiger partial charge in [-0.1, -0.05) is 102 Å². The summed E-state index contributed by atoms with van der Waals surface area (Å²) in [6.45, 7) is 10.3. The molecule has 0 saturated heterocycles. The molecule has 0 aromatic heterocycles. The number of amides is 3. The molecule has 1 unspecified atom stereocenters. The van der Waals surface area contributed by atoms with Crippen LogP contribution >= 0.6 is 0 Å². The van der Waals surface area contributed by atoms with Crippen molar-refractivity contribution in [1.82, 2.24) is 16.0 Å². The summed E-state index contributed by atoms with van der Waals surface area (Å²) in [5.74, 6) is -1.08. The lowest BCUT2D eigenvalue weighted by atomic mass is 9.92. The fraction of sp³-hybridized carbons (Fsp3) is 0.583. The number of benzene rings is 2. The molecule has 2 rings (SSSR count). The molecule has 0 spiro atoms. The summed E-state index contributed by atoms with van der Waals surface area (Å²) in [6, 6.07) is 18.0. The Labute approximate surface area is 265 Å². The molecule has 244 valence electrons. The van der Waals surface area contributed by atoms with E-state index >= 15 is 0 Å². The van der Waals surface area contributed by atoms with Crippen LogP contribution in [0, 0.1) is 17.8 Å². The number of carbonyl (C=O) groups excluding carboxylic acids is 3. The third-order valence-electron chi connectivity index (χ3n) is 8.35. The van der Waals surface area contributed by atoms with Crippen molar-refractivity contribution in [3.8, 4) is 0 Å². The number of hydrogen-bond acceptors (Lipinski definition) is 5. The van der Waals surface area contributed by atoms with Crippen molar-refractivity contribution in [3.05, 3.63) is 71.8 Å². The highest BCUT2D eigenvalue weighted by atomic mass is 16.3. The van der Waals surface area contributed by atoms with Gasteiger partial charge in [-0.2, -0.15) is 0 Å². The molecule has 0 aliphatic heterocycles. The van der Waals surface area contributed by atoms with E-state index in [0.29, 0.717) is 25.8 Å². The number of carbonyl (C=O) groups is 3. The van der Waals surface area contributed by atoms with E-state index < -0.39 is 30.1 Å². The number of unbranched alkanes of at least 4 members (excludes halogenated alkanes) is 1. The van der Waals surface area contributed by atoms with E-state index in [2.05, 4.69) is 28.1 Å². The summed E-state index contributed by atoms with van der Waals surface area (Å²) >= 11 is 0. The zero-order valence-electron chi connectivity index (χ0n) is 27.4. The normalized spacial score (nSPS) is 15.5. The highest BCUT2D eigenvalue weighted by Gasteiger charge is 2.31. The molecular weight excluding hydrogens is 552 g/mol. The zero-order valence-corrected chi connectivity index (χ0v) is 27.4. The average molecular weight is 609 g/mol.